The standard InChI is InChI=1S/C28H23N5O4/c1-30-22-12-11-20(37-2)15-21(22)25-26(30)27(35)33(16-18-8-4-3-5-9-18)28(36)32(25)17-19-14-24(34)31-13-7-6-10-23(31)29-19/h3-15H,16-17H2,1-2H3. The maximum atomic E-state index is 13.9. The number of benzene rings is 2. The zero-order chi connectivity index (χ0) is 25.7. The minimum Gasteiger partial charge on any atom is -0.497 e. The number of fused-ring (bicyclic) bond motifs is 4. The smallest absolute Gasteiger partial charge is 0.332 e. The van der Waals surface area contributed by atoms with Gasteiger partial charge >= 0.3 is 5.69 Å². The number of aromatic nitrogens is 5. The van der Waals surface area contributed by atoms with Gasteiger partial charge < -0.3 is 9.30 Å². The van der Waals surface area contributed by atoms with Crippen molar-refractivity contribution in [2.24, 2.45) is 7.05 Å². The fourth-order valence-electron chi connectivity index (χ4n) is 4.90. The first-order valence-corrected chi connectivity index (χ1v) is 11.8. The van der Waals surface area contributed by atoms with Crippen molar-refractivity contribution in [3.63, 3.8) is 0 Å². The molecule has 184 valence electrons. The summed E-state index contributed by atoms with van der Waals surface area (Å²) in [4.78, 5) is 45.1. The molecule has 0 aliphatic carbocycles. The number of hydrogen-bond acceptors (Lipinski definition) is 5. The van der Waals surface area contributed by atoms with Crippen molar-refractivity contribution < 1.29 is 4.74 Å². The Morgan fingerprint density at radius 2 is 1.62 bits per heavy atom. The second kappa shape index (κ2) is 8.63. The Kier molecular flexibility index (Phi) is 5.26. The molecule has 0 saturated carbocycles. The van der Waals surface area contributed by atoms with Crippen LogP contribution in [0.25, 0.3) is 27.6 Å². The van der Waals surface area contributed by atoms with Gasteiger partial charge in [0.05, 0.1) is 36.9 Å². The maximum absolute atomic E-state index is 13.9. The largest absolute Gasteiger partial charge is 0.497 e. The van der Waals surface area contributed by atoms with E-state index in [4.69, 9.17) is 4.74 Å². The molecule has 6 aromatic rings. The number of pyridine rings is 1. The molecule has 0 aliphatic rings. The van der Waals surface area contributed by atoms with E-state index in [2.05, 4.69) is 4.98 Å². The Morgan fingerprint density at radius 1 is 0.838 bits per heavy atom. The van der Waals surface area contributed by atoms with Crippen LogP contribution in [0.5, 0.6) is 5.75 Å². The van der Waals surface area contributed by atoms with E-state index in [0.29, 0.717) is 33.5 Å². The Hall–Kier alpha value is -4.92. The van der Waals surface area contributed by atoms with E-state index in [-0.39, 0.29) is 24.2 Å². The van der Waals surface area contributed by atoms with E-state index in [1.807, 2.05) is 48.5 Å². The van der Waals surface area contributed by atoms with Crippen LogP contribution in [0.2, 0.25) is 0 Å². The third-order valence-corrected chi connectivity index (χ3v) is 6.69. The monoisotopic (exact) mass is 493 g/mol. The molecule has 0 amide bonds. The van der Waals surface area contributed by atoms with Gasteiger partial charge in [-0.05, 0) is 35.9 Å². The summed E-state index contributed by atoms with van der Waals surface area (Å²) in [5, 5.41) is 0.704. The molecule has 4 heterocycles. The average Bonchev–Trinajstić information content (AvgIpc) is 3.21. The molecule has 0 spiro atoms. The number of ether oxygens (including phenoxy) is 1. The van der Waals surface area contributed by atoms with Crippen LogP contribution in [0.4, 0.5) is 0 Å². The van der Waals surface area contributed by atoms with Crippen molar-refractivity contribution in [2.75, 3.05) is 7.11 Å². The Morgan fingerprint density at radius 3 is 2.41 bits per heavy atom. The predicted molar refractivity (Wildman–Crippen MR) is 142 cm³/mol. The Balaban J connectivity index is 1.67. The van der Waals surface area contributed by atoms with Crippen molar-refractivity contribution in [1.82, 2.24) is 23.1 Å². The molecular formula is C28H23N5O4. The Labute approximate surface area is 210 Å². The van der Waals surface area contributed by atoms with Crippen LogP contribution in [0.1, 0.15) is 11.3 Å². The average molecular weight is 494 g/mol. The van der Waals surface area contributed by atoms with Crippen LogP contribution in [-0.4, -0.2) is 30.2 Å². The quantitative estimate of drug-likeness (QED) is 0.368. The zero-order valence-corrected chi connectivity index (χ0v) is 20.3. The van der Waals surface area contributed by atoms with Crippen LogP contribution in [0.15, 0.2) is 93.4 Å². The van der Waals surface area contributed by atoms with Crippen molar-refractivity contribution in [3.8, 4) is 5.75 Å². The molecule has 9 heteroatoms. The van der Waals surface area contributed by atoms with Gasteiger partial charge in [0, 0.05) is 24.7 Å². The van der Waals surface area contributed by atoms with Gasteiger partial charge in [-0.25, -0.2) is 9.78 Å². The summed E-state index contributed by atoms with van der Waals surface area (Å²) in [6.07, 6.45) is 1.65. The summed E-state index contributed by atoms with van der Waals surface area (Å²) >= 11 is 0. The van der Waals surface area contributed by atoms with Crippen molar-refractivity contribution >= 4 is 27.6 Å². The summed E-state index contributed by atoms with van der Waals surface area (Å²) in [6.45, 7) is 0.133. The molecule has 0 saturated heterocycles. The van der Waals surface area contributed by atoms with Crippen LogP contribution >= 0.6 is 0 Å². The van der Waals surface area contributed by atoms with Gasteiger partial charge in [0.25, 0.3) is 11.1 Å². The molecule has 0 fully saturated rings. The molecule has 2 aromatic carbocycles. The normalized spacial score (nSPS) is 11.5. The molecule has 37 heavy (non-hydrogen) atoms. The topological polar surface area (TPSA) is 92.5 Å². The molecular weight excluding hydrogens is 470 g/mol. The van der Waals surface area contributed by atoms with E-state index >= 15 is 0 Å². The second-order valence-electron chi connectivity index (χ2n) is 8.90. The number of rotatable bonds is 5. The highest BCUT2D eigenvalue weighted by molar-refractivity contribution is 6.06. The van der Waals surface area contributed by atoms with E-state index in [1.165, 1.54) is 19.6 Å². The van der Waals surface area contributed by atoms with Gasteiger partial charge in [-0.1, -0.05) is 36.4 Å². The summed E-state index contributed by atoms with van der Waals surface area (Å²) in [7, 11) is 3.37. The van der Waals surface area contributed by atoms with Crippen LogP contribution in [-0.2, 0) is 20.1 Å². The lowest BCUT2D eigenvalue weighted by Gasteiger charge is -2.13. The predicted octanol–water partition coefficient (Wildman–Crippen LogP) is 2.77. The SMILES string of the molecule is COc1ccc2c(c1)c1c(c(=O)n(Cc3ccccc3)c(=O)n1Cc1cc(=O)n3ccccc3n1)n2C. The zero-order valence-electron chi connectivity index (χ0n) is 20.3. The van der Waals surface area contributed by atoms with Crippen LogP contribution in [0, 0.1) is 0 Å². The molecule has 6 rings (SSSR count). The molecule has 0 unspecified atom stereocenters. The van der Waals surface area contributed by atoms with Crippen LogP contribution < -0.4 is 21.5 Å². The minimum atomic E-state index is -0.480. The lowest BCUT2D eigenvalue weighted by molar-refractivity contribution is 0.415. The summed E-state index contributed by atoms with van der Waals surface area (Å²) in [6, 6.07) is 21.6. The van der Waals surface area contributed by atoms with E-state index < -0.39 is 5.69 Å². The third-order valence-electron chi connectivity index (χ3n) is 6.69. The number of hydrogen-bond donors (Lipinski definition) is 0. The highest BCUT2D eigenvalue weighted by atomic mass is 16.5. The molecule has 0 aliphatic heterocycles. The van der Waals surface area contributed by atoms with Gasteiger partial charge in [0.2, 0.25) is 0 Å². The fourth-order valence-corrected chi connectivity index (χ4v) is 4.90. The molecule has 0 atom stereocenters. The number of methoxy groups -OCH3 is 1. The maximum Gasteiger partial charge on any atom is 0.332 e. The van der Waals surface area contributed by atoms with Gasteiger partial charge in [0.15, 0.2) is 0 Å². The van der Waals surface area contributed by atoms with Crippen molar-refractivity contribution in [1.29, 1.82) is 0 Å². The lowest BCUT2D eigenvalue weighted by Crippen LogP contribution is -2.41. The third kappa shape index (κ3) is 3.63. The number of nitrogens with zero attached hydrogens (tertiary/aromatic N) is 5. The highest BCUT2D eigenvalue weighted by Gasteiger charge is 2.21. The summed E-state index contributed by atoms with van der Waals surface area (Å²) in [5.41, 5.74) is 2.26. The van der Waals surface area contributed by atoms with Gasteiger partial charge in [-0.3, -0.25) is 23.1 Å². The fraction of sp³-hybridized carbons (Fsp3) is 0.143. The molecule has 9 nitrogen and oxygen atoms in total. The lowest BCUT2D eigenvalue weighted by atomic mass is 10.2. The molecule has 0 radical (unpaired) electrons. The van der Waals surface area contributed by atoms with E-state index in [0.717, 1.165) is 11.1 Å². The van der Waals surface area contributed by atoms with Gasteiger partial charge in [0.1, 0.15) is 16.9 Å². The minimum absolute atomic E-state index is 0.0152. The van der Waals surface area contributed by atoms with Gasteiger partial charge in [-0.15, -0.1) is 0 Å². The second-order valence-corrected chi connectivity index (χ2v) is 8.90. The van der Waals surface area contributed by atoms with E-state index in [9.17, 15) is 14.4 Å². The molecule has 4 aromatic heterocycles. The summed E-state index contributed by atoms with van der Waals surface area (Å²) < 4.78 is 11.4. The van der Waals surface area contributed by atoms with Crippen molar-refractivity contribution in [2.45, 2.75) is 13.1 Å². The summed E-state index contributed by atoms with van der Waals surface area (Å²) in [5.74, 6) is 0.606. The molecule has 0 bridgehead atoms. The number of aryl methyl sites for hydroxylation is 1. The first kappa shape index (κ1) is 22.5. The van der Waals surface area contributed by atoms with Crippen molar-refractivity contribution in [3.05, 3.63) is 121 Å². The van der Waals surface area contributed by atoms with Gasteiger partial charge in [-0.2, -0.15) is 0 Å². The highest BCUT2D eigenvalue weighted by Crippen LogP contribution is 2.29. The van der Waals surface area contributed by atoms with E-state index in [1.54, 1.807) is 43.1 Å². The first-order chi connectivity index (χ1) is 18.0. The first-order valence-electron chi connectivity index (χ1n) is 11.8. The molecule has 0 N–H and O–H groups in total. The van der Waals surface area contributed by atoms with Crippen LogP contribution in [0.3, 0.4) is 0 Å². The Bertz CT molecular complexity index is 2000.